The smallest absolute Gasteiger partial charge is 0.157 e. The van der Waals surface area contributed by atoms with Crippen LogP contribution in [-0.2, 0) is 0 Å². The van der Waals surface area contributed by atoms with Crippen LogP contribution in [0.5, 0.6) is 0 Å². The van der Waals surface area contributed by atoms with Gasteiger partial charge in [0, 0.05) is 45.3 Å². The number of hydrogen-bond acceptors (Lipinski definition) is 7. The Morgan fingerprint density at radius 2 is 1.81 bits per heavy atom. The van der Waals surface area contributed by atoms with Crippen molar-refractivity contribution in [3.05, 3.63) is 6.33 Å². The van der Waals surface area contributed by atoms with Gasteiger partial charge in [0.05, 0.1) is 6.61 Å². The summed E-state index contributed by atoms with van der Waals surface area (Å²) < 4.78 is 0. The first kappa shape index (κ1) is 18.7. The van der Waals surface area contributed by atoms with E-state index in [1.54, 1.807) is 6.33 Å². The van der Waals surface area contributed by atoms with Crippen LogP contribution in [0.4, 0.5) is 17.3 Å². The predicted octanol–water partition coefficient (Wildman–Crippen LogP) is 1.58. The minimum Gasteiger partial charge on any atom is -0.395 e. The highest BCUT2D eigenvalue weighted by Crippen LogP contribution is 2.54. The van der Waals surface area contributed by atoms with Crippen molar-refractivity contribution in [3.8, 4) is 0 Å². The second-order valence-electron chi connectivity index (χ2n) is 9.83. The molecular formula is C20H34N6O. The van der Waals surface area contributed by atoms with Crippen molar-refractivity contribution in [2.45, 2.75) is 46.1 Å². The van der Waals surface area contributed by atoms with Crippen LogP contribution in [0.1, 0.15) is 40.0 Å². The lowest BCUT2D eigenvalue weighted by molar-refractivity contribution is 0.136. The van der Waals surface area contributed by atoms with Gasteiger partial charge in [-0.15, -0.1) is 0 Å². The maximum absolute atomic E-state index is 9.13. The number of aromatic nitrogens is 2. The number of aliphatic hydroxyl groups is 1. The van der Waals surface area contributed by atoms with Gasteiger partial charge >= 0.3 is 0 Å². The number of anilines is 3. The Morgan fingerprint density at radius 3 is 2.52 bits per heavy atom. The Kier molecular flexibility index (Phi) is 4.71. The van der Waals surface area contributed by atoms with Gasteiger partial charge in [-0.3, -0.25) is 4.90 Å². The number of hydrogen-bond donors (Lipinski definition) is 2. The first-order valence-corrected chi connectivity index (χ1v) is 10.3. The van der Waals surface area contributed by atoms with E-state index in [0.29, 0.717) is 16.9 Å². The van der Waals surface area contributed by atoms with E-state index in [2.05, 4.69) is 45.4 Å². The molecule has 27 heavy (non-hydrogen) atoms. The molecule has 0 spiro atoms. The van der Waals surface area contributed by atoms with Crippen LogP contribution < -0.4 is 15.5 Å². The van der Waals surface area contributed by atoms with E-state index in [9.17, 15) is 0 Å². The molecule has 3 N–H and O–H groups in total. The molecule has 1 aromatic rings. The Labute approximate surface area is 162 Å². The molecule has 0 amide bonds. The van der Waals surface area contributed by atoms with Crippen LogP contribution in [-0.4, -0.2) is 71.9 Å². The van der Waals surface area contributed by atoms with Crippen molar-refractivity contribution in [2.75, 3.05) is 61.4 Å². The molecule has 1 aromatic heterocycles. The highest BCUT2D eigenvalue weighted by atomic mass is 16.3. The van der Waals surface area contributed by atoms with Crippen molar-refractivity contribution in [1.29, 1.82) is 0 Å². The van der Waals surface area contributed by atoms with E-state index in [0.717, 1.165) is 56.6 Å². The fourth-order valence-corrected chi connectivity index (χ4v) is 5.89. The van der Waals surface area contributed by atoms with Crippen LogP contribution in [0, 0.1) is 10.8 Å². The first-order chi connectivity index (χ1) is 12.8. The minimum absolute atomic E-state index is 0.214. The Bertz CT molecular complexity index is 687. The first-order valence-electron chi connectivity index (χ1n) is 10.3. The van der Waals surface area contributed by atoms with E-state index in [1.165, 1.54) is 19.3 Å². The summed E-state index contributed by atoms with van der Waals surface area (Å²) in [4.78, 5) is 16.2. The molecule has 7 heteroatoms. The summed E-state index contributed by atoms with van der Waals surface area (Å²) in [5, 5.41) is 9.13. The van der Waals surface area contributed by atoms with Crippen molar-refractivity contribution < 1.29 is 5.11 Å². The van der Waals surface area contributed by atoms with E-state index in [4.69, 9.17) is 10.8 Å². The number of rotatable bonds is 4. The molecule has 150 valence electrons. The SMILES string of the molecule is CC1(C)CC2CC(C)(CN2c2ncnc(N3CCN(CCO)CC3)c2N)C1. The minimum atomic E-state index is 0.214. The summed E-state index contributed by atoms with van der Waals surface area (Å²) in [6, 6.07) is 0.519. The Morgan fingerprint density at radius 1 is 1.11 bits per heavy atom. The van der Waals surface area contributed by atoms with Gasteiger partial charge in [0.25, 0.3) is 0 Å². The number of aliphatic hydroxyl groups excluding tert-OH is 1. The molecule has 3 fully saturated rings. The molecule has 1 saturated carbocycles. The average Bonchev–Trinajstić information content (AvgIpc) is 2.85. The van der Waals surface area contributed by atoms with Crippen LogP contribution >= 0.6 is 0 Å². The molecule has 2 unspecified atom stereocenters. The Balaban J connectivity index is 1.55. The summed E-state index contributed by atoms with van der Waals surface area (Å²) >= 11 is 0. The maximum atomic E-state index is 9.13. The van der Waals surface area contributed by atoms with E-state index in [1.807, 2.05) is 0 Å². The van der Waals surface area contributed by atoms with Gasteiger partial charge in [-0.1, -0.05) is 20.8 Å². The highest BCUT2D eigenvalue weighted by molar-refractivity contribution is 5.76. The predicted molar refractivity (Wildman–Crippen MR) is 109 cm³/mol. The summed E-state index contributed by atoms with van der Waals surface area (Å²) in [6.07, 6.45) is 5.37. The van der Waals surface area contributed by atoms with Crippen molar-refractivity contribution in [1.82, 2.24) is 14.9 Å². The maximum Gasteiger partial charge on any atom is 0.157 e. The van der Waals surface area contributed by atoms with Crippen LogP contribution in [0.15, 0.2) is 6.33 Å². The van der Waals surface area contributed by atoms with Crippen LogP contribution in [0.2, 0.25) is 0 Å². The monoisotopic (exact) mass is 374 g/mol. The standard InChI is InChI=1S/C20H34N6O/c1-19(2)10-15-11-20(3,12-19)13-26(15)18-16(21)17(22-14-23-18)25-6-4-24(5-7-25)8-9-27/h14-15,27H,4-13,21H2,1-3H3. The molecule has 3 heterocycles. The number of nitrogens with two attached hydrogens (primary N) is 1. The fraction of sp³-hybridized carbons (Fsp3) is 0.800. The lowest BCUT2D eigenvalue weighted by Crippen LogP contribution is -2.47. The van der Waals surface area contributed by atoms with Gasteiger partial charge in [-0.2, -0.15) is 0 Å². The second kappa shape index (κ2) is 6.78. The third-order valence-corrected chi connectivity index (χ3v) is 6.62. The number of piperazine rings is 1. The van der Waals surface area contributed by atoms with E-state index in [-0.39, 0.29) is 6.61 Å². The average molecular weight is 375 g/mol. The van der Waals surface area contributed by atoms with Crippen LogP contribution in [0.3, 0.4) is 0 Å². The van der Waals surface area contributed by atoms with E-state index < -0.39 is 0 Å². The molecule has 2 atom stereocenters. The summed E-state index contributed by atoms with van der Waals surface area (Å²) in [5.41, 5.74) is 8.07. The van der Waals surface area contributed by atoms with E-state index >= 15 is 0 Å². The number of nitrogen functional groups attached to an aromatic ring is 1. The lowest BCUT2D eigenvalue weighted by atomic mass is 9.65. The third-order valence-electron chi connectivity index (χ3n) is 6.62. The zero-order valence-electron chi connectivity index (χ0n) is 17.0. The van der Waals surface area contributed by atoms with Gasteiger partial charge in [0.2, 0.25) is 0 Å². The largest absolute Gasteiger partial charge is 0.395 e. The second-order valence-corrected chi connectivity index (χ2v) is 9.83. The van der Waals surface area contributed by atoms with Gasteiger partial charge in [-0.05, 0) is 30.1 Å². The van der Waals surface area contributed by atoms with Crippen LogP contribution in [0.25, 0.3) is 0 Å². The molecule has 2 bridgehead atoms. The summed E-state index contributed by atoms with van der Waals surface area (Å²) in [5.74, 6) is 1.79. The molecule has 0 aromatic carbocycles. The number of β-amino-alcohol motifs (C(OH)–C–C–N with tert-alkyl or cyclic N) is 1. The van der Waals surface area contributed by atoms with Crippen molar-refractivity contribution >= 4 is 17.3 Å². The lowest BCUT2D eigenvalue weighted by Gasteiger charge is -2.39. The zero-order valence-corrected chi connectivity index (χ0v) is 17.0. The fourth-order valence-electron chi connectivity index (χ4n) is 5.89. The molecule has 2 saturated heterocycles. The van der Waals surface area contributed by atoms with Gasteiger partial charge in [0.1, 0.15) is 12.0 Å². The molecule has 0 radical (unpaired) electrons. The van der Waals surface area contributed by atoms with Gasteiger partial charge in [0.15, 0.2) is 11.6 Å². The third kappa shape index (κ3) is 3.59. The van der Waals surface area contributed by atoms with Gasteiger partial charge in [-0.25, -0.2) is 9.97 Å². The molecule has 4 rings (SSSR count). The molecule has 1 aliphatic carbocycles. The molecule has 3 aliphatic rings. The normalized spacial score (nSPS) is 30.7. The quantitative estimate of drug-likeness (QED) is 0.828. The summed E-state index contributed by atoms with van der Waals surface area (Å²) in [6.45, 7) is 12.8. The number of fused-ring (bicyclic) bond motifs is 2. The highest BCUT2D eigenvalue weighted by Gasteiger charge is 2.50. The van der Waals surface area contributed by atoms with Crippen molar-refractivity contribution in [3.63, 3.8) is 0 Å². The molecule has 2 aliphatic heterocycles. The van der Waals surface area contributed by atoms with Crippen molar-refractivity contribution in [2.24, 2.45) is 10.8 Å². The molecular weight excluding hydrogens is 340 g/mol. The van der Waals surface area contributed by atoms with Gasteiger partial charge < -0.3 is 20.6 Å². The molecule has 7 nitrogen and oxygen atoms in total. The Hall–Kier alpha value is -1.60. The topological polar surface area (TPSA) is 81.8 Å². The summed E-state index contributed by atoms with van der Waals surface area (Å²) in [7, 11) is 0. The zero-order chi connectivity index (χ0) is 19.2. The number of nitrogens with zero attached hydrogens (tertiary/aromatic N) is 5.